The summed E-state index contributed by atoms with van der Waals surface area (Å²) in [6, 6.07) is 14.2. The van der Waals surface area contributed by atoms with Crippen LogP contribution in [0.4, 0.5) is 5.69 Å². The number of hydrogen-bond acceptors (Lipinski definition) is 4. The number of hydrogen-bond donors (Lipinski definition) is 2. The highest BCUT2D eigenvalue weighted by atomic mass is 16.2. The Morgan fingerprint density at radius 3 is 2.83 bits per heavy atom. The van der Waals surface area contributed by atoms with Crippen molar-refractivity contribution in [2.75, 3.05) is 24.5 Å². The highest BCUT2D eigenvalue weighted by Gasteiger charge is 2.18. The van der Waals surface area contributed by atoms with Crippen molar-refractivity contribution >= 4 is 11.6 Å². The van der Waals surface area contributed by atoms with Crippen LogP contribution in [0.5, 0.6) is 0 Å². The maximum absolute atomic E-state index is 12.5. The molecular formula is C19H24N4O. The van der Waals surface area contributed by atoms with Crippen molar-refractivity contribution in [2.45, 2.75) is 25.4 Å². The summed E-state index contributed by atoms with van der Waals surface area (Å²) in [7, 11) is 0. The lowest BCUT2D eigenvalue weighted by Gasteiger charge is -2.27. The lowest BCUT2D eigenvalue weighted by atomic mass is 10.1. The zero-order chi connectivity index (χ0) is 16.6. The van der Waals surface area contributed by atoms with Crippen molar-refractivity contribution in [1.29, 1.82) is 0 Å². The Bertz CT molecular complexity index is 626. The van der Waals surface area contributed by atoms with Crippen LogP contribution in [-0.4, -0.2) is 36.6 Å². The molecule has 5 heteroatoms. The van der Waals surface area contributed by atoms with Gasteiger partial charge in [-0.25, -0.2) is 0 Å². The minimum Gasteiger partial charge on any atom is -0.358 e. The second kappa shape index (κ2) is 8.45. The fourth-order valence-electron chi connectivity index (χ4n) is 3.01. The second-order valence-electron chi connectivity index (χ2n) is 6.16. The summed E-state index contributed by atoms with van der Waals surface area (Å²) < 4.78 is 0. The molecule has 1 unspecified atom stereocenters. The number of anilines is 1. The van der Waals surface area contributed by atoms with Gasteiger partial charge in [-0.05, 0) is 43.1 Å². The molecule has 2 N–H and O–H groups in total. The third-order valence-electron chi connectivity index (χ3n) is 4.21. The summed E-state index contributed by atoms with van der Waals surface area (Å²) in [6.45, 7) is 2.91. The summed E-state index contributed by atoms with van der Waals surface area (Å²) in [5.74, 6) is 0.0662. The average Bonchev–Trinajstić information content (AvgIpc) is 2.63. The van der Waals surface area contributed by atoms with Gasteiger partial charge in [0.2, 0.25) is 5.91 Å². The SMILES string of the molecule is O=C(CN(Cc1cccnc1)c1ccccc1)NC1CCCNC1. The van der Waals surface area contributed by atoms with Gasteiger partial charge in [0.1, 0.15) is 0 Å². The van der Waals surface area contributed by atoms with E-state index in [1.54, 1.807) is 6.20 Å². The molecule has 0 saturated carbocycles. The molecule has 1 aromatic carbocycles. The molecule has 3 rings (SSSR count). The monoisotopic (exact) mass is 324 g/mol. The number of benzene rings is 1. The Balaban J connectivity index is 1.66. The minimum atomic E-state index is 0.0662. The van der Waals surface area contributed by atoms with Crippen molar-refractivity contribution in [3.63, 3.8) is 0 Å². The molecule has 0 spiro atoms. The first-order valence-electron chi connectivity index (χ1n) is 8.50. The maximum atomic E-state index is 12.5. The molecule has 0 radical (unpaired) electrons. The van der Waals surface area contributed by atoms with Crippen molar-refractivity contribution in [3.05, 3.63) is 60.4 Å². The Morgan fingerprint density at radius 1 is 1.25 bits per heavy atom. The molecular weight excluding hydrogens is 300 g/mol. The van der Waals surface area contributed by atoms with Gasteiger partial charge in [0, 0.05) is 37.2 Å². The molecule has 1 aliphatic rings. The summed E-state index contributed by atoms with van der Waals surface area (Å²) in [5, 5.41) is 6.47. The molecule has 126 valence electrons. The van der Waals surface area contributed by atoms with E-state index in [0.717, 1.165) is 37.2 Å². The molecule has 2 aromatic rings. The molecule has 2 heterocycles. The first-order valence-corrected chi connectivity index (χ1v) is 8.50. The Labute approximate surface area is 143 Å². The number of pyridine rings is 1. The zero-order valence-corrected chi connectivity index (χ0v) is 13.8. The van der Waals surface area contributed by atoms with Gasteiger partial charge in [-0.15, -0.1) is 0 Å². The average molecular weight is 324 g/mol. The number of para-hydroxylation sites is 1. The van der Waals surface area contributed by atoms with Gasteiger partial charge in [-0.2, -0.15) is 0 Å². The quantitative estimate of drug-likeness (QED) is 0.853. The third-order valence-corrected chi connectivity index (χ3v) is 4.21. The van der Waals surface area contributed by atoms with Gasteiger partial charge >= 0.3 is 0 Å². The van der Waals surface area contributed by atoms with Gasteiger partial charge in [0.05, 0.1) is 6.54 Å². The van der Waals surface area contributed by atoms with E-state index in [-0.39, 0.29) is 11.9 Å². The van der Waals surface area contributed by atoms with Crippen molar-refractivity contribution < 1.29 is 4.79 Å². The molecule has 0 bridgehead atoms. The molecule has 24 heavy (non-hydrogen) atoms. The number of aromatic nitrogens is 1. The van der Waals surface area contributed by atoms with E-state index in [0.29, 0.717) is 13.1 Å². The number of piperidine rings is 1. The Hall–Kier alpha value is -2.40. The summed E-state index contributed by atoms with van der Waals surface area (Å²) in [4.78, 5) is 18.7. The first-order chi connectivity index (χ1) is 11.8. The molecule has 1 fully saturated rings. The molecule has 1 aliphatic heterocycles. The number of rotatable bonds is 6. The molecule has 0 aliphatic carbocycles. The van der Waals surface area contributed by atoms with Crippen LogP contribution < -0.4 is 15.5 Å². The van der Waals surface area contributed by atoms with Crippen molar-refractivity contribution in [3.8, 4) is 0 Å². The Morgan fingerprint density at radius 2 is 2.12 bits per heavy atom. The normalized spacial score (nSPS) is 17.2. The summed E-state index contributed by atoms with van der Waals surface area (Å²) in [6.07, 6.45) is 5.77. The van der Waals surface area contributed by atoms with Crippen molar-refractivity contribution in [2.24, 2.45) is 0 Å². The summed E-state index contributed by atoms with van der Waals surface area (Å²) >= 11 is 0. The van der Waals surface area contributed by atoms with Gasteiger partial charge < -0.3 is 15.5 Å². The fraction of sp³-hybridized carbons (Fsp3) is 0.368. The van der Waals surface area contributed by atoms with Crippen molar-refractivity contribution in [1.82, 2.24) is 15.6 Å². The first kappa shape index (κ1) is 16.5. The van der Waals surface area contributed by atoms with Crippen LogP contribution in [0.15, 0.2) is 54.9 Å². The number of nitrogens with zero attached hydrogens (tertiary/aromatic N) is 2. The molecule has 1 amide bonds. The molecule has 1 aromatic heterocycles. The smallest absolute Gasteiger partial charge is 0.239 e. The van der Waals surface area contributed by atoms with E-state index >= 15 is 0 Å². The standard InChI is InChI=1S/C19H24N4O/c24-19(22-17-7-5-11-21-13-17)15-23(18-8-2-1-3-9-18)14-16-6-4-10-20-12-16/h1-4,6,8-10,12,17,21H,5,7,11,13-15H2,(H,22,24). The van der Waals surface area contributed by atoms with Crippen LogP contribution in [-0.2, 0) is 11.3 Å². The largest absolute Gasteiger partial charge is 0.358 e. The molecule has 5 nitrogen and oxygen atoms in total. The minimum absolute atomic E-state index is 0.0662. The van der Waals surface area contributed by atoms with E-state index in [4.69, 9.17) is 0 Å². The highest BCUT2D eigenvalue weighted by molar-refractivity contribution is 5.81. The van der Waals surface area contributed by atoms with Crippen LogP contribution >= 0.6 is 0 Å². The lowest BCUT2D eigenvalue weighted by Crippen LogP contribution is -2.48. The molecule has 1 saturated heterocycles. The zero-order valence-electron chi connectivity index (χ0n) is 13.8. The number of carbonyl (C=O) groups is 1. The third kappa shape index (κ3) is 4.80. The topological polar surface area (TPSA) is 57.3 Å². The van der Waals surface area contributed by atoms with Crippen LogP contribution in [0.1, 0.15) is 18.4 Å². The Kier molecular flexibility index (Phi) is 5.80. The second-order valence-corrected chi connectivity index (χ2v) is 6.16. The number of amides is 1. The maximum Gasteiger partial charge on any atom is 0.239 e. The van der Waals surface area contributed by atoms with Crippen LogP contribution in [0.3, 0.4) is 0 Å². The summed E-state index contributed by atoms with van der Waals surface area (Å²) in [5.41, 5.74) is 2.13. The van der Waals surface area contributed by atoms with E-state index in [2.05, 4.69) is 20.5 Å². The highest BCUT2D eigenvalue weighted by Crippen LogP contribution is 2.16. The van der Waals surface area contributed by atoms with Crippen LogP contribution in [0, 0.1) is 0 Å². The van der Waals surface area contributed by atoms with Crippen LogP contribution in [0.2, 0.25) is 0 Å². The fourth-order valence-corrected chi connectivity index (χ4v) is 3.01. The van der Waals surface area contributed by atoms with E-state index in [1.807, 2.05) is 48.7 Å². The van der Waals surface area contributed by atoms with Gasteiger partial charge in [0.25, 0.3) is 0 Å². The van der Waals surface area contributed by atoms with Gasteiger partial charge in [-0.3, -0.25) is 9.78 Å². The van der Waals surface area contributed by atoms with Gasteiger partial charge in [-0.1, -0.05) is 24.3 Å². The molecule has 1 atom stereocenters. The predicted octanol–water partition coefficient (Wildman–Crippen LogP) is 1.96. The number of nitrogens with one attached hydrogen (secondary N) is 2. The number of carbonyl (C=O) groups excluding carboxylic acids is 1. The predicted molar refractivity (Wildman–Crippen MR) is 95.8 cm³/mol. The van der Waals surface area contributed by atoms with E-state index in [1.165, 1.54) is 0 Å². The van der Waals surface area contributed by atoms with E-state index < -0.39 is 0 Å². The lowest BCUT2D eigenvalue weighted by molar-refractivity contribution is -0.120. The van der Waals surface area contributed by atoms with Gasteiger partial charge in [0.15, 0.2) is 0 Å². The van der Waals surface area contributed by atoms with Crippen LogP contribution in [0.25, 0.3) is 0 Å². The van der Waals surface area contributed by atoms with E-state index in [9.17, 15) is 4.79 Å².